The van der Waals surface area contributed by atoms with Crippen LogP contribution in [0.15, 0.2) is 30.3 Å². The highest BCUT2D eigenvalue weighted by Gasteiger charge is 2.33. The summed E-state index contributed by atoms with van der Waals surface area (Å²) in [5.74, 6) is -0.178. The average Bonchev–Trinajstić information content (AvgIpc) is 2.84. The minimum absolute atomic E-state index is 0.0434. The molecule has 25 heavy (non-hydrogen) atoms. The molecule has 2 heterocycles. The largest absolute Gasteiger partial charge is 0.444 e. The molecule has 1 aromatic carbocycles. The molecule has 0 spiro atoms. The van der Waals surface area contributed by atoms with Crippen LogP contribution in [0, 0.1) is 5.92 Å². The fourth-order valence-electron chi connectivity index (χ4n) is 3.00. The molecular weight excluding hydrogens is 338 g/mol. The lowest BCUT2D eigenvalue weighted by molar-refractivity contribution is 0.0130. The van der Waals surface area contributed by atoms with Crippen molar-refractivity contribution >= 4 is 27.5 Å². The van der Waals surface area contributed by atoms with E-state index in [1.54, 1.807) is 16.2 Å². The maximum Gasteiger partial charge on any atom is 0.410 e. The minimum atomic E-state index is -0.538. The summed E-state index contributed by atoms with van der Waals surface area (Å²) in [5, 5.41) is 11.1. The zero-order chi connectivity index (χ0) is 18.0. The van der Waals surface area contributed by atoms with Crippen molar-refractivity contribution in [3.63, 3.8) is 0 Å². The Morgan fingerprint density at radius 3 is 2.84 bits per heavy atom. The van der Waals surface area contributed by atoms with Crippen molar-refractivity contribution < 1.29 is 19.4 Å². The lowest BCUT2D eigenvalue weighted by Crippen LogP contribution is -2.40. The predicted molar refractivity (Wildman–Crippen MR) is 98.9 cm³/mol. The zero-order valence-electron chi connectivity index (χ0n) is 14.9. The first-order valence-electron chi connectivity index (χ1n) is 8.56. The molecule has 1 aliphatic rings. The van der Waals surface area contributed by atoms with Crippen molar-refractivity contribution in [1.29, 1.82) is 0 Å². The Labute approximate surface area is 152 Å². The van der Waals surface area contributed by atoms with Crippen LogP contribution >= 0.6 is 11.3 Å². The van der Waals surface area contributed by atoms with Crippen molar-refractivity contribution in [2.75, 3.05) is 26.3 Å². The first-order chi connectivity index (χ1) is 11.9. The summed E-state index contributed by atoms with van der Waals surface area (Å²) in [6.07, 6.45) is -0.568. The fourth-order valence-corrected chi connectivity index (χ4v) is 4.21. The summed E-state index contributed by atoms with van der Waals surface area (Å²) in [6, 6.07) is 10.3. The summed E-state index contributed by atoms with van der Waals surface area (Å²) < 4.78 is 12.7. The molecule has 0 saturated carbocycles. The van der Waals surface area contributed by atoms with Crippen molar-refractivity contribution in [3.8, 4) is 0 Å². The van der Waals surface area contributed by atoms with E-state index >= 15 is 0 Å². The lowest BCUT2D eigenvalue weighted by Gasteiger charge is -2.28. The van der Waals surface area contributed by atoms with Crippen LogP contribution in [0.4, 0.5) is 4.79 Å². The van der Waals surface area contributed by atoms with Gasteiger partial charge < -0.3 is 19.5 Å². The van der Waals surface area contributed by atoms with Crippen molar-refractivity contribution in [3.05, 3.63) is 35.2 Å². The number of nitrogens with zero attached hydrogens (tertiary/aromatic N) is 1. The van der Waals surface area contributed by atoms with Crippen LogP contribution in [0.3, 0.4) is 0 Å². The maximum absolute atomic E-state index is 12.4. The van der Waals surface area contributed by atoms with Gasteiger partial charge in [-0.3, -0.25) is 0 Å². The number of carbonyl (C=O) groups is 1. The second kappa shape index (κ2) is 7.32. The van der Waals surface area contributed by atoms with E-state index in [9.17, 15) is 9.90 Å². The molecular formula is C19H25NO4S. The van der Waals surface area contributed by atoms with Gasteiger partial charge in [-0.05, 0) is 38.3 Å². The van der Waals surface area contributed by atoms with E-state index in [2.05, 4.69) is 18.2 Å². The maximum atomic E-state index is 12.4. The first-order valence-corrected chi connectivity index (χ1v) is 9.38. The average molecular weight is 363 g/mol. The highest BCUT2D eigenvalue weighted by Crippen LogP contribution is 2.37. The van der Waals surface area contributed by atoms with Crippen molar-refractivity contribution in [2.45, 2.75) is 32.5 Å². The van der Waals surface area contributed by atoms with Crippen LogP contribution in [0.25, 0.3) is 10.1 Å². The van der Waals surface area contributed by atoms with E-state index in [0.29, 0.717) is 19.7 Å². The standard InChI is InChI=1S/C19H25NO4S/c1-19(2,3)24-18(22)20-8-9-23-17(14(11-20)12-21)16-10-13-6-4-5-7-15(13)25-16/h4-7,10,14,17,21H,8-9,11-12H2,1-3H3. The number of thiophene rings is 1. The first kappa shape index (κ1) is 18.2. The monoisotopic (exact) mass is 363 g/mol. The summed E-state index contributed by atoms with van der Waals surface area (Å²) in [7, 11) is 0. The van der Waals surface area contributed by atoms with Crippen LogP contribution in [0.2, 0.25) is 0 Å². The summed E-state index contributed by atoms with van der Waals surface area (Å²) in [4.78, 5) is 15.1. The van der Waals surface area contributed by atoms with E-state index in [-0.39, 0.29) is 24.7 Å². The van der Waals surface area contributed by atoms with Gasteiger partial charge in [-0.1, -0.05) is 18.2 Å². The van der Waals surface area contributed by atoms with Gasteiger partial charge in [0.25, 0.3) is 0 Å². The van der Waals surface area contributed by atoms with Crippen LogP contribution in [-0.2, 0) is 9.47 Å². The van der Waals surface area contributed by atoms with E-state index in [1.165, 1.54) is 10.1 Å². The van der Waals surface area contributed by atoms with E-state index in [4.69, 9.17) is 9.47 Å². The molecule has 3 rings (SSSR count). The molecule has 1 amide bonds. The molecule has 1 aliphatic heterocycles. The third-order valence-corrected chi connectivity index (χ3v) is 5.33. The molecule has 0 radical (unpaired) electrons. The molecule has 136 valence electrons. The molecule has 1 N–H and O–H groups in total. The second-order valence-corrected chi connectivity index (χ2v) is 8.46. The Morgan fingerprint density at radius 2 is 2.16 bits per heavy atom. The minimum Gasteiger partial charge on any atom is -0.444 e. The SMILES string of the molecule is CC(C)(C)OC(=O)N1CCOC(c2cc3ccccc3s2)C(CO)C1. The molecule has 1 saturated heterocycles. The summed E-state index contributed by atoms with van der Waals surface area (Å²) >= 11 is 1.68. The van der Waals surface area contributed by atoms with Gasteiger partial charge in [0.2, 0.25) is 0 Å². The number of ether oxygens (including phenoxy) is 2. The zero-order valence-corrected chi connectivity index (χ0v) is 15.7. The van der Waals surface area contributed by atoms with Crippen molar-refractivity contribution in [2.24, 2.45) is 5.92 Å². The highest BCUT2D eigenvalue weighted by atomic mass is 32.1. The van der Waals surface area contributed by atoms with Crippen LogP contribution in [-0.4, -0.2) is 48.0 Å². The van der Waals surface area contributed by atoms with Gasteiger partial charge in [0.05, 0.1) is 19.3 Å². The molecule has 2 atom stereocenters. The van der Waals surface area contributed by atoms with Gasteiger partial charge in [0.15, 0.2) is 0 Å². The van der Waals surface area contributed by atoms with Gasteiger partial charge in [0, 0.05) is 28.6 Å². The third kappa shape index (κ3) is 4.32. The number of carbonyl (C=O) groups excluding carboxylic acids is 1. The van der Waals surface area contributed by atoms with Gasteiger partial charge in [0.1, 0.15) is 5.60 Å². The molecule has 2 unspecified atom stereocenters. The topological polar surface area (TPSA) is 59.0 Å². The summed E-state index contributed by atoms with van der Waals surface area (Å²) in [6.45, 7) is 6.82. The Balaban J connectivity index is 1.79. The normalized spacial score (nSPS) is 22.0. The number of rotatable bonds is 2. The smallest absolute Gasteiger partial charge is 0.410 e. The summed E-state index contributed by atoms with van der Waals surface area (Å²) in [5.41, 5.74) is -0.538. The number of aliphatic hydroxyl groups is 1. The van der Waals surface area contributed by atoms with Crippen molar-refractivity contribution in [1.82, 2.24) is 4.90 Å². The predicted octanol–water partition coefficient (Wildman–Crippen LogP) is 3.82. The number of aliphatic hydroxyl groups excluding tert-OH is 1. The molecule has 2 aromatic rings. The van der Waals surface area contributed by atoms with E-state index in [1.807, 2.05) is 32.9 Å². The number of fused-ring (bicyclic) bond motifs is 1. The Hall–Kier alpha value is -1.63. The molecule has 6 heteroatoms. The van der Waals surface area contributed by atoms with Gasteiger partial charge in [-0.25, -0.2) is 4.79 Å². The molecule has 5 nitrogen and oxygen atoms in total. The fraction of sp³-hybridized carbons (Fsp3) is 0.526. The quantitative estimate of drug-likeness (QED) is 0.881. The number of hydrogen-bond acceptors (Lipinski definition) is 5. The molecule has 0 bridgehead atoms. The van der Waals surface area contributed by atoms with Crippen LogP contribution < -0.4 is 0 Å². The Kier molecular flexibility index (Phi) is 5.32. The van der Waals surface area contributed by atoms with Crippen LogP contribution in [0.5, 0.6) is 0 Å². The number of hydrogen-bond donors (Lipinski definition) is 1. The highest BCUT2D eigenvalue weighted by molar-refractivity contribution is 7.19. The number of benzene rings is 1. The van der Waals surface area contributed by atoms with E-state index in [0.717, 1.165) is 4.88 Å². The van der Waals surface area contributed by atoms with Crippen LogP contribution in [0.1, 0.15) is 31.8 Å². The molecule has 0 aliphatic carbocycles. The third-order valence-electron chi connectivity index (χ3n) is 4.15. The second-order valence-electron chi connectivity index (χ2n) is 7.35. The van der Waals surface area contributed by atoms with E-state index < -0.39 is 5.60 Å². The molecule has 1 fully saturated rings. The number of amides is 1. The Bertz CT molecular complexity index is 703. The van der Waals surface area contributed by atoms with Gasteiger partial charge in [-0.15, -0.1) is 11.3 Å². The lowest BCUT2D eigenvalue weighted by atomic mass is 10.0. The Morgan fingerprint density at radius 1 is 1.40 bits per heavy atom. The molecule has 1 aromatic heterocycles. The van der Waals surface area contributed by atoms with Gasteiger partial charge >= 0.3 is 6.09 Å². The van der Waals surface area contributed by atoms with Gasteiger partial charge in [-0.2, -0.15) is 0 Å².